The zero-order valence-electron chi connectivity index (χ0n) is 10.3. The van der Waals surface area contributed by atoms with Gasteiger partial charge in [-0.3, -0.25) is 4.99 Å². The maximum Gasteiger partial charge on any atom is 0.0966 e. The molecule has 17 heavy (non-hydrogen) atoms. The van der Waals surface area contributed by atoms with Crippen LogP contribution in [0, 0.1) is 17.2 Å². The predicted molar refractivity (Wildman–Crippen MR) is 71.2 cm³/mol. The second-order valence-corrected chi connectivity index (χ2v) is 4.15. The molecule has 3 nitrogen and oxygen atoms in total. The van der Waals surface area contributed by atoms with Crippen LogP contribution in [0.5, 0.6) is 0 Å². The third-order valence-corrected chi connectivity index (χ3v) is 2.60. The van der Waals surface area contributed by atoms with Crippen LogP contribution in [0.15, 0.2) is 53.0 Å². The quantitative estimate of drug-likeness (QED) is 0.547. The molecular weight excluding hydrogens is 210 g/mol. The normalized spacial score (nSPS) is 15.5. The summed E-state index contributed by atoms with van der Waals surface area (Å²) in [7, 11) is 0. The lowest BCUT2D eigenvalue weighted by atomic mass is 10.0. The summed E-state index contributed by atoms with van der Waals surface area (Å²) in [6.07, 6.45) is 7.28. The lowest BCUT2D eigenvalue weighted by Crippen LogP contribution is -2.23. The summed E-state index contributed by atoms with van der Waals surface area (Å²) in [5.74, 6) is 0.327. The fourth-order valence-electron chi connectivity index (χ4n) is 1.51. The first-order valence-electron chi connectivity index (χ1n) is 5.49. The Labute approximate surface area is 103 Å². The van der Waals surface area contributed by atoms with Crippen molar-refractivity contribution in [1.29, 1.82) is 5.26 Å². The van der Waals surface area contributed by atoms with Gasteiger partial charge in [-0.05, 0) is 30.4 Å². The molecule has 0 aromatic carbocycles. The van der Waals surface area contributed by atoms with Crippen molar-refractivity contribution in [3.8, 4) is 6.07 Å². The van der Waals surface area contributed by atoms with Gasteiger partial charge >= 0.3 is 0 Å². The van der Waals surface area contributed by atoms with Crippen LogP contribution < -0.4 is 0 Å². The van der Waals surface area contributed by atoms with Crippen molar-refractivity contribution in [2.24, 2.45) is 10.9 Å². The standard InChI is InChI=1S/C14H17N3/c1-11(2)12(3)14(9-16-4)17-7-5-6-13(8-15)10-17/h5-7,9,11H,3-4,10H2,1-2H3/b14-9-. The zero-order chi connectivity index (χ0) is 12.8. The van der Waals surface area contributed by atoms with Crippen LogP contribution in [-0.2, 0) is 0 Å². The smallest absolute Gasteiger partial charge is 0.0966 e. The van der Waals surface area contributed by atoms with Gasteiger partial charge in [-0.25, -0.2) is 0 Å². The zero-order valence-corrected chi connectivity index (χ0v) is 10.3. The Hall–Kier alpha value is -2.08. The van der Waals surface area contributed by atoms with Gasteiger partial charge in [0.2, 0.25) is 0 Å². The van der Waals surface area contributed by atoms with E-state index in [1.54, 1.807) is 6.20 Å². The van der Waals surface area contributed by atoms with Gasteiger partial charge in [0.25, 0.3) is 0 Å². The van der Waals surface area contributed by atoms with Gasteiger partial charge in [-0.2, -0.15) is 5.26 Å². The molecular formula is C14H17N3. The third-order valence-electron chi connectivity index (χ3n) is 2.60. The van der Waals surface area contributed by atoms with Crippen molar-refractivity contribution in [2.75, 3.05) is 6.54 Å². The summed E-state index contributed by atoms with van der Waals surface area (Å²) in [5, 5.41) is 8.91. The van der Waals surface area contributed by atoms with E-state index in [1.807, 2.05) is 23.3 Å². The molecule has 0 fully saturated rings. The molecule has 0 aromatic rings. The van der Waals surface area contributed by atoms with Crippen LogP contribution in [0.3, 0.4) is 0 Å². The van der Waals surface area contributed by atoms with Crippen LogP contribution >= 0.6 is 0 Å². The summed E-state index contributed by atoms with van der Waals surface area (Å²) < 4.78 is 0. The Morgan fingerprint density at radius 1 is 1.65 bits per heavy atom. The van der Waals surface area contributed by atoms with E-state index in [0.717, 1.165) is 16.8 Å². The largest absolute Gasteiger partial charge is 0.341 e. The van der Waals surface area contributed by atoms with E-state index in [0.29, 0.717) is 12.5 Å². The predicted octanol–water partition coefficient (Wildman–Crippen LogP) is 3.02. The molecule has 0 aliphatic carbocycles. The molecule has 0 atom stereocenters. The van der Waals surface area contributed by atoms with E-state index in [4.69, 9.17) is 5.26 Å². The SMILES string of the molecule is C=N/C=C(/C(=C)C(C)C)N1C=CC=C(C#N)C1. The lowest BCUT2D eigenvalue weighted by Gasteiger charge is -2.27. The Bertz CT molecular complexity index is 445. The molecule has 1 aliphatic rings. The van der Waals surface area contributed by atoms with E-state index >= 15 is 0 Å². The minimum atomic E-state index is 0.327. The molecule has 0 radical (unpaired) electrons. The van der Waals surface area contributed by atoms with Crippen molar-refractivity contribution in [3.63, 3.8) is 0 Å². The molecule has 0 N–H and O–H groups in total. The first-order valence-corrected chi connectivity index (χ1v) is 5.49. The monoisotopic (exact) mass is 227 g/mol. The van der Waals surface area contributed by atoms with E-state index in [2.05, 4.69) is 38.2 Å². The number of hydrogen-bond acceptors (Lipinski definition) is 3. The van der Waals surface area contributed by atoms with Gasteiger partial charge in [0, 0.05) is 11.8 Å². The second kappa shape index (κ2) is 5.86. The van der Waals surface area contributed by atoms with E-state index in [9.17, 15) is 0 Å². The molecule has 0 spiro atoms. The van der Waals surface area contributed by atoms with Crippen LogP contribution in [0.4, 0.5) is 0 Å². The van der Waals surface area contributed by atoms with Gasteiger partial charge in [0.1, 0.15) is 0 Å². The molecule has 88 valence electrons. The van der Waals surface area contributed by atoms with Crippen molar-refractivity contribution in [2.45, 2.75) is 13.8 Å². The Kier molecular flexibility index (Phi) is 4.47. The lowest BCUT2D eigenvalue weighted by molar-refractivity contribution is 0.496. The number of aliphatic imine (C=N–C) groups is 1. The van der Waals surface area contributed by atoms with Gasteiger partial charge in [-0.15, -0.1) is 0 Å². The maximum absolute atomic E-state index is 8.91. The molecule has 0 bridgehead atoms. The van der Waals surface area contributed by atoms with E-state index in [1.165, 1.54) is 0 Å². The van der Waals surface area contributed by atoms with Crippen LogP contribution in [-0.4, -0.2) is 18.2 Å². The number of nitriles is 1. The van der Waals surface area contributed by atoms with Crippen molar-refractivity contribution >= 4 is 6.72 Å². The van der Waals surface area contributed by atoms with Crippen LogP contribution in [0.1, 0.15) is 13.8 Å². The minimum Gasteiger partial charge on any atom is -0.341 e. The Morgan fingerprint density at radius 3 is 2.88 bits per heavy atom. The van der Waals surface area contributed by atoms with Crippen LogP contribution in [0.2, 0.25) is 0 Å². The fourth-order valence-corrected chi connectivity index (χ4v) is 1.51. The summed E-state index contributed by atoms with van der Waals surface area (Å²) >= 11 is 0. The average molecular weight is 227 g/mol. The summed E-state index contributed by atoms with van der Waals surface area (Å²) in [4.78, 5) is 5.78. The highest BCUT2D eigenvalue weighted by atomic mass is 15.1. The highest BCUT2D eigenvalue weighted by Crippen LogP contribution is 2.24. The minimum absolute atomic E-state index is 0.327. The van der Waals surface area contributed by atoms with Crippen LogP contribution in [0.25, 0.3) is 0 Å². The molecule has 0 saturated carbocycles. The maximum atomic E-state index is 8.91. The fraction of sp³-hybridized carbons (Fsp3) is 0.286. The van der Waals surface area contributed by atoms with Gasteiger partial charge < -0.3 is 4.90 Å². The number of rotatable bonds is 4. The summed E-state index contributed by atoms with van der Waals surface area (Å²) in [5.41, 5.74) is 2.62. The van der Waals surface area contributed by atoms with Gasteiger partial charge in [0.05, 0.1) is 24.5 Å². The highest BCUT2D eigenvalue weighted by Gasteiger charge is 2.16. The van der Waals surface area contributed by atoms with Gasteiger partial charge in [-0.1, -0.05) is 20.4 Å². The number of allylic oxidation sites excluding steroid dienone is 3. The first-order chi connectivity index (χ1) is 8.10. The highest BCUT2D eigenvalue weighted by molar-refractivity contribution is 5.38. The second-order valence-electron chi connectivity index (χ2n) is 4.15. The molecule has 3 heteroatoms. The topological polar surface area (TPSA) is 39.4 Å². The Balaban J connectivity index is 2.97. The number of hydrogen-bond donors (Lipinski definition) is 0. The molecule has 0 saturated heterocycles. The average Bonchev–Trinajstić information content (AvgIpc) is 2.35. The molecule has 0 unspecified atom stereocenters. The molecule has 1 aliphatic heterocycles. The molecule has 0 aromatic heterocycles. The Morgan fingerprint density at radius 2 is 2.35 bits per heavy atom. The van der Waals surface area contributed by atoms with Crippen molar-refractivity contribution in [1.82, 2.24) is 4.90 Å². The first kappa shape index (κ1) is 13.0. The van der Waals surface area contributed by atoms with Gasteiger partial charge in [0.15, 0.2) is 0 Å². The number of nitrogens with zero attached hydrogens (tertiary/aromatic N) is 3. The van der Waals surface area contributed by atoms with Crippen molar-refractivity contribution in [3.05, 3.63) is 48.0 Å². The molecule has 1 heterocycles. The summed E-state index contributed by atoms with van der Waals surface area (Å²) in [6.45, 7) is 12.3. The van der Waals surface area contributed by atoms with E-state index < -0.39 is 0 Å². The molecule has 1 rings (SSSR count). The molecule has 0 amide bonds. The van der Waals surface area contributed by atoms with E-state index in [-0.39, 0.29) is 0 Å². The van der Waals surface area contributed by atoms with Crippen molar-refractivity contribution < 1.29 is 0 Å². The summed E-state index contributed by atoms with van der Waals surface area (Å²) in [6, 6.07) is 2.16. The third kappa shape index (κ3) is 3.18.